The van der Waals surface area contributed by atoms with Gasteiger partial charge in [-0.25, -0.2) is 8.42 Å². The van der Waals surface area contributed by atoms with Gasteiger partial charge < -0.3 is 5.32 Å². The molecule has 3 aromatic rings. The van der Waals surface area contributed by atoms with Crippen molar-refractivity contribution in [3.8, 4) is 0 Å². The maximum Gasteiger partial charge on any atom is 0.251 e. The molecule has 0 spiro atoms. The minimum Gasteiger partial charge on any atom is -0.348 e. The van der Waals surface area contributed by atoms with Gasteiger partial charge >= 0.3 is 0 Å². The Labute approximate surface area is 178 Å². The number of nitrogens with zero attached hydrogens (tertiary/aromatic N) is 1. The van der Waals surface area contributed by atoms with E-state index in [1.54, 1.807) is 55.6 Å². The number of carbonyl (C=O) groups excluding carboxylic acids is 1. The summed E-state index contributed by atoms with van der Waals surface area (Å²) in [6.45, 7) is 4.61. The van der Waals surface area contributed by atoms with E-state index in [9.17, 15) is 13.2 Å². The van der Waals surface area contributed by atoms with Crippen LogP contribution in [0.4, 0.5) is 0 Å². The molecule has 0 fully saturated rings. The van der Waals surface area contributed by atoms with Crippen molar-refractivity contribution in [3.05, 3.63) is 101 Å². The Morgan fingerprint density at radius 3 is 2.17 bits per heavy atom. The van der Waals surface area contributed by atoms with Crippen LogP contribution in [0.1, 0.15) is 32.6 Å². The van der Waals surface area contributed by atoms with E-state index in [1.807, 2.05) is 38.1 Å². The molecule has 156 valence electrons. The lowest BCUT2D eigenvalue weighted by atomic mass is 10.1. The summed E-state index contributed by atoms with van der Waals surface area (Å²) in [6.07, 6.45) is 0. The van der Waals surface area contributed by atoms with Crippen LogP contribution in [0.5, 0.6) is 0 Å². The molecule has 3 aromatic carbocycles. The highest BCUT2D eigenvalue weighted by Crippen LogP contribution is 2.18. The number of aryl methyl sites for hydroxylation is 2. The summed E-state index contributed by atoms with van der Waals surface area (Å²) < 4.78 is 26.8. The first-order valence-electron chi connectivity index (χ1n) is 9.72. The van der Waals surface area contributed by atoms with Crippen LogP contribution in [-0.4, -0.2) is 25.7 Å². The molecule has 0 heterocycles. The van der Waals surface area contributed by atoms with Gasteiger partial charge in [-0.2, -0.15) is 4.31 Å². The number of hydrogen-bond acceptors (Lipinski definition) is 3. The Balaban J connectivity index is 1.63. The van der Waals surface area contributed by atoms with Crippen LogP contribution >= 0.6 is 0 Å². The van der Waals surface area contributed by atoms with Crippen molar-refractivity contribution in [3.63, 3.8) is 0 Å². The maximum atomic E-state index is 12.7. The molecular weight excluding hydrogens is 396 g/mol. The number of sulfonamides is 1. The van der Waals surface area contributed by atoms with E-state index < -0.39 is 10.0 Å². The number of benzene rings is 3. The van der Waals surface area contributed by atoms with Crippen LogP contribution in [0, 0.1) is 13.8 Å². The molecule has 0 saturated heterocycles. The highest BCUT2D eigenvalue weighted by Gasteiger charge is 2.20. The number of rotatable bonds is 7. The molecule has 0 aliphatic heterocycles. The summed E-state index contributed by atoms with van der Waals surface area (Å²) in [7, 11) is -2.02. The Hall–Kier alpha value is -2.96. The molecule has 1 amide bonds. The molecule has 0 atom stereocenters. The van der Waals surface area contributed by atoms with Gasteiger partial charge in [0.25, 0.3) is 5.91 Å². The summed E-state index contributed by atoms with van der Waals surface area (Å²) in [5.41, 5.74) is 4.56. The van der Waals surface area contributed by atoms with Crippen molar-refractivity contribution in [2.45, 2.75) is 31.8 Å². The lowest BCUT2D eigenvalue weighted by molar-refractivity contribution is 0.0951. The third-order valence-electron chi connectivity index (χ3n) is 5.05. The number of carbonyl (C=O) groups is 1. The fraction of sp³-hybridized carbons (Fsp3) is 0.208. The summed E-state index contributed by atoms with van der Waals surface area (Å²) in [5, 5.41) is 2.92. The fourth-order valence-electron chi connectivity index (χ4n) is 3.08. The predicted molar refractivity (Wildman–Crippen MR) is 119 cm³/mol. The lowest BCUT2D eigenvalue weighted by Gasteiger charge is -2.17. The van der Waals surface area contributed by atoms with Crippen molar-refractivity contribution in [2.75, 3.05) is 7.05 Å². The Bertz CT molecular complexity index is 1120. The highest BCUT2D eigenvalue weighted by molar-refractivity contribution is 7.89. The largest absolute Gasteiger partial charge is 0.348 e. The van der Waals surface area contributed by atoms with Gasteiger partial charge in [0.1, 0.15) is 0 Å². The van der Waals surface area contributed by atoms with Crippen LogP contribution in [0.2, 0.25) is 0 Å². The quantitative estimate of drug-likeness (QED) is 0.625. The second-order valence-electron chi connectivity index (χ2n) is 7.38. The first kappa shape index (κ1) is 21.7. The molecule has 5 nitrogen and oxygen atoms in total. The van der Waals surface area contributed by atoms with Crippen LogP contribution in [0.25, 0.3) is 0 Å². The summed E-state index contributed by atoms with van der Waals surface area (Å²) in [4.78, 5) is 12.7. The monoisotopic (exact) mass is 422 g/mol. The molecule has 3 rings (SSSR count). The minimum absolute atomic E-state index is 0.162. The Kier molecular flexibility index (Phi) is 6.70. The molecular formula is C24H26N2O3S. The van der Waals surface area contributed by atoms with Gasteiger partial charge in [-0.3, -0.25) is 4.79 Å². The molecule has 0 aromatic heterocycles. The first-order chi connectivity index (χ1) is 14.3. The molecule has 6 heteroatoms. The van der Waals surface area contributed by atoms with E-state index in [0.717, 1.165) is 22.3 Å². The molecule has 0 bridgehead atoms. The van der Waals surface area contributed by atoms with E-state index in [4.69, 9.17) is 0 Å². The second-order valence-corrected chi connectivity index (χ2v) is 9.43. The van der Waals surface area contributed by atoms with Gasteiger partial charge in [-0.1, -0.05) is 54.1 Å². The standard InChI is InChI=1S/C24H26N2O3S/c1-18-8-14-23(15-9-18)30(28,29)26(3)17-20-10-12-21(13-11-20)24(27)25-16-22-7-5-4-6-19(22)2/h4-15H,16-17H2,1-3H3,(H,25,27). The smallest absolute Gasteiger partial charge is 0.251 e. The normalized spacial score (nSPS) is 11.5. The summed E-state index contributed by atoms with van der Waals surface area (Å²) in [6, 6.07) is 21.7. The zero-order chi connectivity index (χ0) is 21.7. The van der Waals surface area contributed by atoms with E-state index in [0.29, 0.717) is 12.1 Å². The third kappa shape index (κ3) is 5.14. The average molecular weight is 423 g/mol. The molecule has 0 radical (unpaired) electrons. The topological polar surface area (TPSA) is 66.5 Å². The zero-order valence-electron chi connectivity index (χ0n) is 17.4. The SMILES string of the molecule is Cc1ccc(S(=O)(=O)N(C)Cc2ccc(C(=O)NCc3ccccc3C)cc2)cc1. The number of hydrogen-bond donors (Lipinski definition) is 1. The lowest BCUT2D eigenvalue weighted by Crippen LogP contribution is -2.26. The molecule has 30 heavy (non-hydrogen) atoms. The van der Waals surface area contributed by atoms with Gasteiger partial charge in [-0.05, 0) is 54.8 Å². The van der Waals surface area contributed by atoms with Crippen LogP contribution < -0.4 is 5.32 Å². The van der Waals surface area contributed by atoms with Crippen LogP contribution in [-0.2, 0) is 23.1 Å². The van der Waals surface area contributed by atoms with Gasteiger partial charge in [0.05, 0.1) is 4.90 Å². The van der Waals surface area contributed by atoms with Crippen molar-refractivity contribution in [1.29, 1.82) is 0 Å². The fourth-order valence-corrected chi connectivity index (χ4v) is 4.24. The van der Waals surface area contributed by atoms with Crippen molar-refractivity contribution in [1.82, 2.24) is 9.62 Å². The first-order valence-corrected chi connectivity index (χ1v) is 11.2. The number of nitrogens with one attached hydrogen (secondary N) is 1. The van der Waals surface area contributed by atoms with E-state index in [1.165, 1.54) is 4.31 Å². The molecule has 0 aliphatic carbocycles. The maximum absolute atomic E-state index is 12.7. The number of amides is 1. The minimum atomic E-state index is -3.57. The predicted octanol–water partition coefficient (Wildman–Crippen LogP) is 4.05. The van der Waals surface area contributed by atoms with Crippen molar-refractivity contribution >= 4 is 15.9 Å². The van der Waals surface area contributed by atoms with E-state index in [2.05, 4.69) is 5.32 Å². The van der Waals surface area contributed by atoms with Crippen molar-refractivity contribution in [2.24, 2.45) is 0 Å². The van der Waals surface area contributed by atoms with Gasteiger partial charge in [0.15, 0.2) is 0 Å². The molecule has 0 saturated carbocycles. The van der Waals surface area contributed by atoms with E-state index in [-0.39, 0.29) is 17.3 Å². The summed E-state index contributed by atoms with van der Waals surface area (Å²) in [5.74, 6) is -0.162. The Morgan fingerprint density at radius 2 is 1.53 bits per heavy atom. The highest BCUT2D eigenvalue weighted by atomic mass is 32.2. The third-order valence-corrected chi connectivity index (χ3v) is 6.87. The summed E-state index contributed by atoms with van der Waals surface area (Å²) >= 11 is 0. The molecule has 0 aliphatic rings. The zero-order valence-corrected chi connectivity index (χ0v) is 18.2. The van der Waals surface area contributed by atoms with Crippen LogP contribution in [0.15, 0.2) is 77.7 Å². The van der Waals surface area contributed by atoms with Gasteiger partial charge in [0, 0.05) is 25.7 Å². The molecule has 0 unspecified atom stereocenters. The second kappa shape index (κ2) is 9.24. The van der Waals surface area contributed by atoms with E-state index >= 15 is 0 Å². The van der Waals surface area contributed by atoms with Gasteiger partial charge in [0.2, 0.25) is 10.0 Å². The van der Waals surface area contributed by atoms with Crippen molar-refractivity contribution < 1.29 is 13.2 Å². The van der Waals surface area contributed by atoms with Gasteiger partial charge in [-0.15, -0.1) is 0 Å². The average Bonchev–Trinajstić information content (AvgIpc) is 2.73. The van der Waals surface area contributed by atoms with Crippen LogP contribution in [0.3, 0.4) is 0 Å². The molecule has 1 N–H and O–H groups in total. The Morgan fingerprint density at radius 1 is 0.900 bits per heavy atom.